The summed E-state index contributed by atoms with van der Waals surface area (Å²) in [5.41, 5.74) is 4.05. The van der Waals surface area contributed by atoms with Gasteiger partial charge in [0.05, 0.1) is 12.0 Å². The van der Waals surface area contributed by atoms with E-state index in [1.165, 1.54) is 12.8 Å². The van der Waals surface area contributed by atoms with Crippen molar-refractivity contribution in [2.45, 2.75) is 38.0 Å². The van der Waals surface area contributed by atoms with Crippen molar-refractivity contribution in [1.29, 1.82) is 0 Å². The summed E-state index contributed by atoms with van der Waals surface area (Å²) in [7, 11) is 0. The molecular weight excluding hydrogens is 454 g/mol. The largest absolute Gasteiger partial charge is 0.481 e. The topological polar surface area (TPSA) is 97.5 Å². The number of aryl methyl sites for hydroxylation is 1. The first-order valence-corrected chi connectivity index (χ1v) is 12.3. The molecule has 2 aromatic heterocycles. The molecule has 0 amide bonds. The average Bonchev–Trinajstić information content (AvgIpc) is 3.83. The van der Waals surface area contributed by atoms with Crippen LogP contribution in [0.5, 0.6) is 5.88 Å². The highest BCUT2D eigenvalue weighted by atomic mass is 16.5. The molecule has 2 heterocycles. The number of aromatic nitrogens is 2. The summed E-state index contributed by atoms with van der Waals surface area (Å²) in [6.45, 7) is 2.56. The smallest absolute Gasteiger partial charge is 0.314 e. The highest BCUT2D eigenvalue weighted by Crippen LogP contribution is 2.50. The third-order valence-corrected chi connectivity index (χ3v) is 7.06. The van der Waals surface area contributed by atoms with Crippen molar-refractivity contribution in [3.8, 4) is 28.3 Å². The van der Waals surface area contributed by atoms with Gasteiger partial charge in [-0.25, -0.2) is 0 Å². The lowest BCUT2D eigenvalue weighted by molar-refractivity contribution is -0.140. The van der Waals surface area contributed by atoms with Crippen molar-refractivity contribution in [2.24, 2.45) is 5.92 Å². The van der Waals surface area contributed by atoms with Gasteiger partial charge in [-0.1, -0.05) is 53.7 Å². The van der Waals surface area contributed by atoms with E-state index in [-0.39, 0.29) is 0 Å². The van der Waals surface area contributed by atoms with E-state index in [9.17, 15) is 9.90 Å². The molecule has 0 atom stereocenters. The van der Waals surface area contributed by atoms with E-state index < -0.39 is 11.4 Å². The monoisotopic (exact) mass is 481 g/mol. The first-order chi connectivity index (χ1) is 17.5. The molecule has 0 spiro atoms. The van der Waals surface area contributed by atoms with Gasteiger partial charge in [0.15, 0.2) is 5.76 Å². The van der Waals surface area contributed by atoms with Crippen LogP contribution in [0.1, 0.15) is 36.9 Å². The van der Waals surface area contributed by atoms with Crippen LogP contribution in [-0.2, 0) is 10.2 Å². The van der Waals surface area contributed by atoms with E-state index in [0.29, 0.717) is 54.2 Å². The van der Waals surface area contributed by atoms with E-state index in [2.05, 4.69) is 15.5 Å². The minimum absolute atomic E-state index is 0.542. The van der Waals surface area contributed by atoms with Gasteiger partial charge in [-0.2, -0.15) is 4.98 Å². The molecule has 0 unspecified atom stereocenters. The SMILES string of the molecule is Cc1noc(-c2cc(C3(C(=O)O)CC3)ccc2-c2ccccc2)c1Nc1cccc(OCC2CC2)n1. The number of carboxylic acids is 1. The molecule has 7 nitrogen and oxygen atoms in total. The molecule has 0 saturated heterocycles. The molecule has 2 aliphatic carbocycles. The van der Waals surface area contributed by atoms with Crippen LogP contribution in [0.15, 0.2) is 71.3 Å². The molecule has 36 heavy (non-hydrogen) atoms. The lowest BCUT2D eigenvalue weighted by Gasteiger charge is -2.16. The molecule has 0 radical (unpaired) electrons. The zero-order chi connectivity index (χ0) is 24.7. The molecule has 2 N–H and O–H groups in total. The normalized spacial score (nSPS) is 15.9. The maximum Gasteiger partial charge on any atom is 0.314 e. The Morgan fingerprint density at radius 2 is 1.89 bits per heavy atom. The summed E-state index contributed by atoms with van der Waals surface area (Å²) < 4.78 is 11.7. The summed E-state index contributed by atoms with van der Waals surface area (Å²) in [6, 6.07) is 21.5. The predicted octanol–water partition coefficient (Wildman–Crippen LogP) is 6.36. The van der Waals surface area contributed by atoms with Gasteiger partial charge < -0.3 is 19.7 Å². The van der Waals surface area contributed by atoms with Crippen LogP contribution in [0.25, 0.3) is 22.5 Å². The van der Waals surface area contributed by atoms with Crippen LogP contribution in [0.3, 0.4) is 0 Å². The number of carboxylic acid groups (broad SMARTS) is 1. The van der Waals surface area contributed by atoms with Crippen LogP contribution < -0.4 is 10.1 Å². The molecule has 182 valence electrons. The van der Waals surface area contributed by atoms with Gasteiger partial charge in [-0.15, -0.1) is 0 Å². The van der Waals surface area contributed by atoms with Gasteiger partial charge in [0, 0.05) is 11.6 Å². The third kappa shape index (κ3) is 4.21. The maximum atomic E-state index is 12.1. The zero-order valence-corrected chi connectivity index (χ0v) is 20.0. The van der Waals surface area contributed by atoms with Crippen LogP contribution in [0.2, 0.25) is 0 Å². The fraction of sp³-hybridized carbons (Fsp3) is 0.276. The summed E-state index contributed by atoms with van der Waals surface area (Å²) in [4.78, 5) is 16.7. The Morgan fingerprint density at radius 1 is 1.08 bits per heavy atom. The number of nitrogens with one attached hydrogen (secondary N) is 1. The molecular formula is C29H27N3O4. The summed E-state index contributed by atoms with van der Waals surface area (Å²) in [6.07, 6.45) is 3.69. The fourth-order valence-electron chi connectivity index (χ4n) is 4.53. The second-order valence-electron chi connectivity index (χ2n) is 9.73. The Hall–Kier alpha value is -4.13. The van der Waals surface area contributed by atoms with Gasteiger partial charge in [-0.05, 0) is 67.3 Å². The first kappa shape index (κ1) is 22.3. The number of carbonyl (C=O) groups is 1. The van der Waals surface area contributed by atoms with Crippen molar-refractivity contribution in [1.82, 2.24) is 10.1 Å². The van der Waals surface area contributed by atoms with Gasteiger partial charge >= 0.3 is 5.97 Å². The van der Waals surface area contributed by atoms with Gasteiger partial charge in [0.1, 0.15) is 17.2 Å². The van der Waals surface area contributed by atoms with Crippen LogP contribution in [-0.4, -0.2) is 27.8 Å². The molecule has 2 saturated carbocycles. The highest BCUT2D eigenvalue weighted by Gasteiger charge is 2.52. The van der Waals surface area contributed by atoms with Crippen molar-refractivity contribution in [2.75, 3.05) is 11.9 Å². The molecule has 6 rings (SSSR count). The minimum Gasteiger partial charge on any atom is -0.481 e. The number of hydrogen-bond donors (Lipinski definition) is 2. The second kappa shape index (κ2) is 8.82. The molecule has 0 bridgehead atoms. The Bertz CT molecular complexity index is 1420. The van der Waals surface area contributed by atoms with E-state index in [0.717, 1.165) is 22.3 Å². The number of ether oxygens (including phenoxy) is 1. The number of aliphatic carboxylic acids is 1. The Kier molecular flexibility index (Phi) is 5.48. The molecule has 7 heteroatoms. The van der Waals surface area contributed by atoms with Crippen LogP contribution >= 0.6 is 0 Å². The number of benzene rings is 2. The summed E-state index contributed by atoms with van der Waals surface area (Å²) in [5, 5.41) is 17.5. The standard InChI is InChI=1S/C29H27N3O4/c1-18-26(31-24-8-5-9-25(30-24)35-17-19-10-11-19)27(36-32-18)23-16-21(29(14-15-29)28(33)34)12-13-22(23)20-6-3-2-4-7-20/h2-9,12-13,16,19H,10-11,14-15,17H2,1H3,(H,30,31)(H,33,34). The first-order valence-electron chi connectivity index (χ1n) is 12.3. The lowest BCUT2D eigenvalue weighted by atomic mass is 9.89. The van der Waals surface area contributed by atoms with Crippen LogP contribution in [0, 0.1) is 12.8 Å². The second-order valence-corrected chi connectivity index (χ2v) is 9.73. The van der Waals surface area contributed by atoms with Crippen molar-refractivity contribution >= 4 is 17.5 Å². The van der Waals surface area contributed by atoms with Crippen molar-refractivity contribution < 1.29 is 19.2 Å². The zero-order valence-electron chi connectivity index (χ0n) is 20.0. The number of pyridine rings is 1. The van der Waals surface area contributed by atoms with E-state index in [1.807, 2.05) is 73.7 Å². The maximum absolute atomic E-state index is 12.1. The highest BCUT2D eigenvalue weighted by molar-refractivity contribution is 5.91. The number of anilines is 2. The minimum atomic E-state index is -0.832. The summed E-state index contributed by atoms with van der Waals surface area (Å²) >= 11 is 0. The number of hydrogen-bond acceptors (Lipinski definition) is 6. The molecule has 0 aliphatic heterocycles. The summed E-state index contributed by atoms with van der Waals surface area (Å²) in [5.74, 6) is 1.59. The fourth-order valence-corrected chi connectivity index (χ4v) is 4.53. The quantitative estimate of drug-likeness (QED) is 0.287. The lowest BCUT2D eigenvalue weighted by Crippen LogP contribution is -2.19. The van der Waals surface area contributed by atoms with Gasteiger partial charge in [0.2, 0.25) is 5.88 Å². The molecule has 2 fully saturated rings. The Morgan fingerprint density at radius 3 is 2.61 bits per heavy atom. The molecule has 2 aliphatic rings. The number of nitrogens with zero attached hydrogens (tertiary/aromatic N) is 2. The number of rotatable bonds is 9. The Balaban J connectivity index is 1.41. The van der Waals surface area contributed by atoms with Gasteiger partial charge in [0.25, 0.3) is 0 Å². The third-order valence-electron chi connectivity index (χ3n) is 7.06. The van der Waals surface area contributed by atoms with E-state index in [1.54, 1.807) is 0 Å². The van der Waals surface area contributed by atoms with E-state index >= 15 is 0 Å². The Labute approximate surface area is 209 Å². The van der Waals surface area contributed by atoms with E-state index in [4.69, 9.17) is 9.26 Å². The van der Waals surface area contributed by atoms with Gasteiger partial charge in [-0.3, -0.25) is 4.79 Å². The average molecular weight is 482 g/mol. The van der Waals surface area contributed by atoms with Crippen molar-refractivity contribution in [3.63, 3.8) is 0 Å². The predicted molar refractivity (Wildman–Crippen MR) is 136 cm³/mol. The van der Waals surface area contributed by atoms with Crippen LogP contribution in [0.4, 0.5) is 11.5 Å². The van der Waals surface area contributed by atoms with Crippen molar-refractivity contribution in [3.05, 3.63) is 78.0 Å². The molecule has 4 aromatic rings. The molecule has 2 aromatic carbocycles.